The van der Waals surface area contributed by atoms with Crippen LogP contribution in [0.1, 0.15) is 26.7 Å². The summed E-state index contributed by atoms with van der Waals surface area (Å²) in [7, 11) is 0. The lowest BCUT2D eigenvalue weighted by Gasteiger charge is -2.27. The van der Waals surface area contributed by atoms with Gasteiger partial charge in [-0.2, -0.15) is 0 Å². The van der Waals surface area contributed by atoms with Gasteiger partial charge in [-0.25, -0.2) is 4.79 Å². The van der Waals surface area contributed by atoms with Crippen LogP contribution in [0, 0.1) is 0 Å². The smallest absolute Gasteiger partial charge is 0.407 e. The Labute approximate surface area is 71.8 Å². The summed E-state index contributed by atoms with van der Waals surface area (Å²) in [5.74, 6) is 0. The Morgan fingerprint density at radius 2 is 2.17 bits per heavy atom. The van der Waals surface area contributed by atoms with Crippen molar-refractivity contribution < 1.29 is 15.0 Å². The minimum absolute atomic E-state index is 0.0436. The molecule has 0 aliphatic carbocycles. The van der Waals surface area contributed by atoms with Gasteiger partial charge in [-0.15, -0.1) is 0 Å². The van der Waals surface area contributed by atoms with Crippen molar-refractivity contribution in [3.05, 3.63) is 0 Å². The van der Waals surface area contributed by atoms with E-state index in [1.807, 2.05) is 6.92 Å². The Bertz CT molecular complexity index is 181. The predicted molar refractivity (Wildman–Crippen MR) is 44.0 cm³/mol. The normalized spacial score (nSPS) is 32.1. The van der Waals surface area contributed by atoms with E-state index in [2.05, 4.69) is 0 Å². The summed E-state index contributed by atoms with van der Waals surface area (Å²) in [4.78, 5) is 12.1. The van der Waals surface area contributed by atoms with Crippen LogP contribution in [0.2, 0.25) is 0 Å². The number of carboxylic acid groups (broad SMARTS) is 1. The molecule has 3 atom stereocenters. The standard InChI is InChI=1S/C8H15NO3/c1-5-3-4-7(6(2)10)9(5)8(11)12/h5-7,10H,3-4H2,1-2H3,(H,11,12). The molecule has 0 aromatic rings. The molecule has 0 bridgehead atoms. The molecule has 3 unspecified atom stereocenters. The molecule has 0 radical (unpaired) electrons. The van der Waals surface area contributed by atoms with Gasteiger partial charge in [0, 0.05) is 6.04 Å². The van der Waals surface area contributed by atoms with Crippen molar-refractivity contribution in [2.45, 2.75) is 44.9 Å². The molecule has 70 valence electrons. The van der Waals surface area contributed by atoms with Crippen molar-refractivity contribution in [1.29, 1.82) is 0 Å². The number of aliphatic hydroxyl groups is 1. The third kappa shape index (κ3) is 1.53. The fourth-order valence-corrected chi connectivity index (χ4v) is 1.82. The molecule has 0 saturated carbocycles. The molecular formula is C8H15NO3. The third-order valence-electron chi connectivity index (χ3n) is 2.49. The summed E-state index contributed by atoms with van der Waals surface area (Å²) in [6, 6.07) is -0.167. The topological polar surface area (TPSA) is 60.8 Å². The van der Waals surface area contributed by atoms with Crippen molar-refractivity contribution >= 4 is 6.09 Å². The number of amides is 1. The second kappa shape index (κ2) is 3.31. The molecule has 1 rings (SSSR count). The number of carbonyl (C=O) groups is 1. The summed E-state index contributed by atoms with van der Waals surface area (Å²) in [5.41, 5.74) is 0. The van der Waals surface area contributed by atoms with Gasteiger partial charge in [0.05, 0.1) is 12.1 Å². The highest BCUT2D eigenvalue weighted by atomic mass is 16.4. The minimum Gasteiger partial charge on any atom is -0.465 e. The summed E-state index contributed by atoms with van der Waals surface area (Å²) >= 11 is 0. The molecule has 1 aliphatic heterocycles. The molecule has 1 heterocycles. The Kier molecular flexibility index (Phi) is 2.57. The van der Waals surface area contributed by atoms with Gasteiger partial charge in [0.15, 0.2) is 0 Å². The quantitative estimate of drug-likeness (QED) is 0.619. The number of nitrogens with zero attached hydrogens (tertiary/aromatic N) is 1. The first-order valence-corrected chi connectivity index (χ1v) is 4.23. The maximum Gasteiger partial charge on any atom is 0.407 e. The van der Waals surface area contributed by atoms with E-state index < -0.39 is 12.2 Å². The second-order valence-corrected chi connectivity index (χ2v) is 3.42. The molecule has 12 heavy (non-hydrogen) atoms. The average molecular weight is 173 g/mol. The van der Waals surface area contributed by atoms with Crippen molar-refractivity contribution in [2.24, 2.45) is 0 Å². The molecule has 4 nitrogen and oxygen atoms in total. The predicted octanol–water partition coefficient (Wildman–Crippen LogP) is 0.898. The van der Waals surface area contributed by atoms with Crippen LogP contribution in [0.4, 0.5) is 4.79 Å². The number of aliphatic hydroxyl groups excluding tert-OH is 1. The van der Waals surface area contributed by atoms with Gasteiger partial charge in [-0.1, -0.05) is 0 Å². The molecule has 4 heteroatoms. The maximum absolute atomic E-state index is 10.7. The van der Waals surface area contributed by atoms with Crippen LogP contribution in [0.5, 0.6) is 0 Å². The van der Waals surface area contributed by atoms with E-state index in [9.17, 15) is 9.90 Å². The third-order valence-corrected chi connectivity index (χ3v) is 2.49. The Balaban J connectivity index is 2.70. The summed E-state index contributed by atoms with van der Waals surface area (Å²) < 4.78 is 0. The van der Waals surface area contributed by atoms with Gasteiger partial charge in [0.1, 0.15) is 0 Å². The molecule has 0 aromatic carbocycles. The van der Waals surface area contributed by atoms with Crippen molar-refractivity contribution in [3.63, 3.8) is 0 Å². The van der Waals surface area contributed by atoms with Crippen molar-refractivity contribution in [1.82, 2.24) is 4.90 Å². The van der Waals surface area contributed by atoms with Crippen LogP contribution in [0.25, 0.3) is 0 Å². The van der Waals surface area contributed by atoms with E-state index >= 15 is 0 Å². The SMILES string of the molecule is CC(O)C1CCC(C)N1C(=O)O. The van der Waals surface area contributed by atoms with E-state index in [0.29, 0.717) is 0 Å². The zero-order chi connectivity index (χ0) is 9.30. The van der Waals surface area contributed by atoms with Crippen LogP contribution < -0.4 is 0 Å². The summed E-state index contributed by atoms with van der Waals surface area (Å²) in [6.45, 7) is 3.51. The first-order chi connectivity index (χ1) is 5.54. The lowest BCUT2D eigenvalue weighted by molar-refractivity contribution is 0.0663. The maximum atomic E-state index is 10.7. The fourth-order valence-electron chi connectivity index (χ4n) is 1.82. The van der Waals surface area contributed by atoms with Gasteiger partial charge in [0.25, 0.3) is 0 Å². The fraction of sp³-hybridized carbons (Fsp3) is 0.875. The highest BCUT2D eigenvalue weighted by molar-refractivity contribution is 5.66. The van der Waals surface area contributed by atoms with Crippen molar-refractivity contribution in [3.8, 4) is 0 Å². The minimum atomic E-state index is -0.925. The Morgan fingerprint density at radius 1 is 1.58 bits per heavy atom. The molecule has 0 spiro atoms. The van der Waals surface area contributed by atoms with Crippen LogP contribution in [0.3, 0.4) is 0 Å². The van der Waals surface area contributed by atoms with E-state index in [4.69, 9.17) is 5.11 Å². The first-order valence-electron chi connectivity index (χ1n) is 4.23. The highest BCUT2D eigenvalue weighted by Crippen LogP contribution is 2.25. The summed E-state index contributed by atoms with van der Waals surface area (Å²) in [6.07, 6.45) is 0.129. The number of likely N-dealkylation sites (tertiary alicyclic amines) is 1. The monoisotopic (exact) mass is 173 g/mol. The van der Waals surface area contributed by atoms with Gasteiger partial charge in [-0.05, 0) is 26.7 Å². The zero-order valence-electron chi connectivity index (χ0n) is 7.40. The first kappa shape index (κ1) is 9.32. The van der Waals surface area contributed by atoms with Gasteiger partial charge in [0.2, 0.25) is 0 Å². The van der Waals surface area contributed by atoms with E-state index in [-0.39, 0.29) is 12.1 Å². The number of hydrogen-bond donors (Lipinski definition) is 2. The largest absolute Gasteiger partial charge is 0.465 e. The molecule has 1 amide bonds. The Hall–Kier alpha value is -0.770. The lowest BCUT2D eigenvalue weighted by Crippen LogP contribution is -2.44. The van der Waals surface area contributed by atoms with Crippen LogP contribution in [-0.4, -0.2) is 39.4 Å². The molecule has 1 aliphatic rings. The van der Waals surface area contributed by atoms with E-state index in [1.54, 1.807) is 6.92 Å². The van der Waals surface area contributed by atoms with Gasteiger partial charge < -0.3 is 15.1 Å². The van der Waals surface area contributed by atoms with E-state index in [0.717, 1.165) is 12.8 Å². The zero-order valence-corrected chi connectivity index (χ0v) is 7.40. The van der Waals surface area contributed by atoms with Crippen LogP contribution in [-0.2, 0) is 0 Å². The van der Waals surface area contributed by atoms with Crippen LogP contribution in [0.15, 0.2) is 0 Å². The summed E-state index contributed by atoms with van der Waals surface area (Å²) in [5, 5.41) is 18.1. The molecular weight excluding hydrogens is 158 g/mol. The van der Waals surface area contributed by atoms with Crippen LogP contribution >= 0.6 is 0 Å². The van der Waals surface area contributed by atoms with E-state index in [1.165, 1.54) is 4.90 Å². The average Bonchev–Trinajstić information content (AvgIpc) is 2.30. The van der Waals surface area contributed by atoms with Gasteiger partial charge in [-0.3, -0.25) is 0 Å². The number of hydrogen-bond acceptors (Lipinski definition) is 2. The molecule has 2 N–H and O–H groups in total. The second-order valence-electron chi connectivity index (χ2n) is 3.42. The molecule has 1 fully saturated rings. The number of rotatable bonds is 1. The lowest BCUT2D eigenvalue weighted by atomic mass is 10.1. The molecule has 0 aromatic heterocycles. The molecule has 1 saturated heterocycles. The van der Waals surface area contributed by atoms with Gasteiger partial charge >= 0.3 is 6.09 Å². The highest BCUT2D eigenvalue weighted by Gasteiger charge is 2.36. The van der Waals surface area contributed by atoms with Crippen molar-refractivity contribution in [2.75, 3.05) is 0 Å². The Morgan fingerprint density at radius 3 is 2.50 bits per heavy atom.